The third-order valence-electron chi connectivity index (χ3n) is 4.56. The lowest BCUT2D eigenvalue weighted by Crippen LogP contribution is -2.33. The molecule has 2 aromatic heterocycles. The summed E-state index contributed by atoms with van der Waals surface area (Å²) in [5.41, 5.74) is 6.78. The van der Waals surface area contributed by atoms with Gasteiger partial charge in [0.25, 0.3) is 0 Å². The number of benzene rings is 1. The number of fused-ring (bicyclic) bond motifs is 1. The third kappa shape index (κ3) is 3.03. The maximum absolute atomic E-state index is 13.4. The largest absolute Gasteiger partial charge is 0.424 e. The van der Waals surface area contributed by atoms with Gasteiger partial charge in [0.2, 0.25) is 0 Å². The number of ether oxygens (including phenoxy) is 2. The Morgan fingerprint density at radius 3 is 2.75 bits per heavy atom. The Morgan fingerprint density at radius 1 is 1.29 bits per heavy atom. The lowest BCUT2D eigenvalue weighted by Gasteiger charge is -2.16. The Bertz CT molecular complexity index is 1030. The second-order valence-electron chi connectivity index (χ2n) is 6.46. The SMILES string of the molecule is Cc1cc(Oc2nc(N)c3ncn([C@@H]4O[C@H](CO)[C@@H](O)[C@H]4O)c3n2)ccc1F. The molecule has 0 aliphatic carbocycles. The molecule has 1 saturated heterocycles. The number of hydrogen-bond acceptors (Lipinski definition) is 9. The highest BCUT2D eigenvalue weighted by Crippen LogP contribution is 2.33. The molecule has 28 heavy (non-hydrogen) atoms. The van der Waals surface area contributed by atoms with Crippen LogP contribution in [0.1, 0.15) is 11.8 Å². The summed E-state index contributed by atoms with van der Waals surface area (Å²) >= 11 is 0. The second-order valence-corrected chi connectivity index (χ2v) is 6.46. The standard InChI is InChI=1S/C17H18FN5O5/c1-7-4-8(2-3-9(7)18)27-17-21-14(19)11-15(22-17)23(6-20-11)16-13(26)12(25)10(5-24)28-16/h2-4,6,10,12-13,16,24-26H,5H2,1H3,(H2,19,21,22)/t10-,12-,13-,16-/m1/s1. The first-order valence-electron chi connectivity index (χ1n) is 8.45. The summed E-state index contributed by atoms with van der Waals surface area (Å²) in [6, 6.07) is 4.07. The molecule has 1 aliphatic rings. The summed E-state index contributed by atoms with van der Waals surface area (Å²) in [6.07, 6.45) is -3.23. The fourth-order valence-electron chi connectivity index (χ4n) is 3.05. The van der Waals surface area contributed by atoms with Crippen molar-refractivity contribution in [3.05, 3.63) is 35.9 Å². The van der Waals surface area contributed by atoms with Crippen LogP contribution in [0.2, 0.25) is 0 Å². The van der Waals surface area contributed by atoms with Gasteiger partial charge >= 0.3 is 6.01 Å². The Balaban J connectivity index is 1.71. The highest BCUT2D eigenvalue weighted by atomic mass is 19.1. The number of aryl methyl sites for hydroxylation is 1. The molecule has 3 aromatic rings. The van der Waals surface area contributed by atoms with E-state index in [0.29, 0.717) is 11.3 Å². The van der Waals surface area contributed by atoms with Crippen LogP contribution in [0.5, 0.6) is 11.8 Å². The van der Waals surface area contributed by atoms with Gasteiger partial charge in [0, 0.05) is 0 Å². The Labute approximate surface area is 158 Å². The molecule has 0 bridgehead atoms. The average Bonchev–Trinajstić information content (AvgIpc) is 3.20. The second kappa shape index (κ2) is 6.95. The number of aromatic nitrogens is 4. The summed E-state index contributed by atoms with van der Waals surface area (Å²) in [5, 5.41) is 29.5. The van der Waals surface area contributed by atoms with Crippen molar-refractivity contribution in [3.63, 3.8) is 0 Å². The van der Waals surface area contributed by atoms with Crippen molar-refractivity contribution in [3.8, 4) is 11.8 Å². The summed E-state index contributed by atoms with van der Waals surface area (Å²) in [6.45, 7) is 1.13. The van der Waals surface area contributed by atoms with Gasteiger partial charge in [0.05, 0.1) is 12.9 Å². The summed E-state index contributed by atoms with van der Waals surface area (Å²) in [5.74, 6) is -0.0216. The van der Waals surface area contributed by atoms with Gasteiger partial charge in [0.1, 0.15) is 29.9 Å². The zero-order valence-electron chi connectivity index (χ0n) is 14.7. The highest BCUT2D eigenvalue weighted by molar-refractivity contribution is 5.82. The number of nitrogens with zero attached hydrogens (tertiary/aromatic N) is 4. The first kappa shape index (κ1) is 18.5. The molecule has 3 heterocycles. The summed E-state index contributed by atoms with van der Waals surface area (Å²) in [4.78, 5) is 12.4. The van der Waals surface area contributed by atoms with Crippen molar-refractivity contribution in [2.75, 3.05) is 12.3 Å². The molecule has 1 aromatic carbocycles. The maximum Gasteiger partial charge on any atom is 0.326 e. The van der Waals surface area contributed by atoms with E-state index >= 15 is 0 Å². The van der Waals surface area contributed by atoms with Gasteiger partial charge in [-0.25, -0.2) is 9.37 Å². The first-order chi connectivity index (χ1) is 13.4. The van der Waals surface area contributed by atoms with E-state index in [1.807, 2.05) is 0 Å². The number of halogens is 1. The van der Waals surface area contributed by atoms with Crippen LogP contribution >= 0.6 is 0 Å². The van der Waals surface area contributed by atoms with Gasteiger partial charge in [-0.15, -0.1) is 0 Å². The molecule has 4 rings (SSSR count). The van der Waals surface area contributed by atoms with Gasteiger partial charge in [-0.05, 0) is 30.7 Å². The number of anilines is 1. The van der Waals surface area contributed by atoms with E-state index in [0.717, 1.165) is 0 Å². The number of aliphatic hydroxyl groups excluding tert-OH is 3. The minimum atomic E-state index is -1.31. The van der Waals surface area contributed by atoms with E-state index in [4.69, 9.17) is 15.2 Å². The van der Waals surface area contributed by atoms with Crippen LogP contribution in [-0.4, -0.2) is 59.8 Å². The lowest BCUT2D eigenvalue weighted by atomic mass is 10.1. The van der Waals surface area contributed by atoms with Crippen molar-refractivity contribution in [2.24, 2.45) is 0 Å². The molecule has 1 aliphatic heterocycles. The van der Waals surface area contributed by atoms with Crippen LogP contribution in [0.15, 0.2) is 24.5 Å². The van der Waals surface area contributed by atoms with Crippen LogP contribution in [0.3, 0.4) is 0 Å². The van der Waals surface area contributed by atoms with Gasteiger partial charge in [-0.3, -0.25) is 4.57 Å². The molecular weight excluding hydrogens is 373 g/mol. The Kier molecular flexibility index (Phi) is 4.59. The quantitative estimate of drug-likeness (QED) is 0.491. The third-order valence-corrected chi connectivity index (χ3v) is 4.56. The molecule has 5 N–H and O–H groups in total. The van der Waals surface area contributed by atoms with Crippen LogP contribution in [0.4, 0.5) is 10.2 Å². The molecule has 0 radical (unpaired) electrons. The number of imidazole rings is 1. The molecule has 0 spiro atoms. The minimum absolute atomic E-state index is 0.0318. The van der Waals surface area contributed by atoms with E-state index in [1.54, 1.807) is 6.92 Å². The van der Waals surface area contributed by atoms with Gasteiger partial charge in [-0.2, -0.15) is 9.97 Å². The van der Waals surface area contributed by atoms with Gasteiger partial charge < -0.3 is 30.5 Å². The molecule has 148 valence electrons. The molecule has 11 heteroatoms. The van der Waals surface area contributed by atoms with E-state index in [-0.39, 0.29) is 28.8 Å². The predicted molar refractivity (Wildman–Crippen MR) is 94.0 cm³/mol. The van der Waals surface area contributed by atoms with E-state index in [2.05, 4.69) is 15.0 Å². The van der Waals surface area contributed by atoms with Crippen LogP contribution in [-0.2, 0) is 4.74 Å². The van der Waals surface area contributed by atoms with Crippen molar-refractivity contribution in [1.29, 1.82) is 0 Å². The molecule has 4 atom stereocenters. The zero-order chi connectivity index (χ0) is 20.0. The molecule has 0 amide bonds. The highest BCUT2D eigenvalue weighted by Gasteiger charge is 2.44. The summed E-state index contributed by atoms with van der Waals surface area (Å²) < 4.78 is 25.9. The lowest BCUT2D eigenvalue weighted by molar-refractivity contribution is -0.0511. The van der Waals surface area contributed by atoms with E-state index in [9.17, 15) is 19.7 Å². The minimum Gasteiger partial charge on any atom is -0.424 e. The van der Waals surface area contributed by atoms with Gasteiger partial charge in [0.15, 0.2) is 23.2 Å². The summed E-state index contributed by atoms with van der Waals surface area (Å²) in [7, 11) is 0. The van der Waals surface area contributed by atoms with Crippen molar-refractivity contribution >= 4 is 17.0 Å². The topological polar surface area (TPSA) is 149 Å². The van der Waals surface area contributed by atoms with Crippen molar-refractivity contribution < 1.29 is 29.2 Å². The zero-order valence-corrected chi connectivity index (χ0v) is 14.7. The fraction of sp³-hybridized carbons (Fsp3) is 0.353. The monoisotopic (exact) mass is 391 g/mol. The number of rotatable bonds is 4. The average molecular weight is 391 g/mol. The number of nitrogen functional groups attached to an aromatic ring is 1. The number of aliphatic hydroxyl groups is 3. The normalized spacial score (nSPS) is 24.8. The smallest absolute Gasteiger partial charge is 0.326 e. The first-order valence-corrected chi connectivity index (χ1v) is 8.45. The van der Waals surface area contributed by atoms with E-state index < -0.39 is 31.1 Å². The van der Waals surface area contributed by atoms with Crippen molar-refractivity contribution in [1.82, 2.24) is 19.5 Å². The van der Waals surface area contributed by atoms with Gasteiger partial charge in [-0.1, -0.05) is 0 Å². The van der Waals surface area contributed by atoms with Crippen LogP contribution in [0.25, 0.3) is 11.2 Å². The number of nitrogens with two attached hydrogens (primary N) is 1. The van der Waals surface area contributed by atoms with Crippen LogP contribution in [0, 0.1) is 12.7 Å². The van der Waals surface area contributed by atoms with Crippen LogP contribution < -0.4 is 10.5 Å². The molecule has 0 saturated carbocycles. The molecule has 10 nitrogen and oxygen atoms in total. The maximum atomic E-state index is 13.4. The fourth-order valence-corrected chi connectivity index (χ4v) is 3.05. The van der Waals surface area contributed by atoms with Crippen molar-refractivity contribution in [2.45, 2.75) is 31.5 Å². The number of hydrogen-bond donors (Lipinski definition) is 4. The molecular formula is C17H18FN5O5. The molecule has 0 unspecified atom stereocenters. The Hall–Kier alpha value is -2.86. The van der Waals surface area contributed by atoms with E-state index in [1.165, 1.54) is 29.1 Å². The predicted octanol–water partition coefficient (Wildman–Crippen LogP) is 0.260. The molecule has 1 fully saturated rings. The Morgan fingerprint density at radius 2 is 2.07 bits per heavy atom.